The lowest BCUT2D eigenvalue weighted by Gasteiger charge is -2.32. The molecule has 2 aliphatic rings. The summed E-state index contributed by atoms with van der Waals surface area (Å²) in [7, 11) is 0. The average Bonchev–Trinajstić information content (AvgIpc) is 2.97. The Morgan fingerprint density at radius 3 is 3.00 bits per heavy atom. The molecule has 0 saturated carbocycles. The summed E-state index contributed by atoms with van der Waals surface area (Å²) in [6.07, 6.45) is 3.65. The van der Waals surface area contributed by atoms with Crippen molar-refractivity contribution < 1.29 is 0 Å². The zero-order valence-electron chi connectivity index (χ0n) is 12.7. The zero-order chi connectivity index (χ0) is 14.2. The van der Waals surface area contributed by atoms with Gasteiger partial charge in [0.25, 0.3) is 0 Å². The molecular formula is C19H22N2. The fraction of sp³-hybridized carbons (Fsp3) is 0.368. The minimum atomic E-state index is 1.02. The summed E-state index contributed by atoms with van der Waals surface area (Å²) in [6, 6.07) is 13.6. The molecule has 2 nitrogen and oxygen atoms in total. The van der Waals surface area contributed by atoms with Crippen molar-refractivity contribution in [3.05, 3.63) is 58.7 Å². The van der Waals surface area contributed by atoms with E-state index < -0.39 is 0 Å². The van der Waals surface area contributed by atoms with E-state index in [1.165, 1.54) is 59.4 Å². The molecule has 0 aromatic heterocycles. The van der Waals surface area contributed by atoms with Crippen molar-refractivity contribution in [2.24, 2.45) is 0 Å². The maximum Gasteiger partial charge on any atom is 0.0450 e. The molecule has 0 aliphatic carbocycles. The molecule has 2 aromatic rings. The van der Waals surface area contributed by atoms with Gasteiger partial charge in [-0.25, -0.2) is 0 Å². The molecule has 2 aliphatic heterocycles. The van der Waals surface area contributed by atoms with Gasteiger partial charge >= 0.3 is 0 Å². The molecule has 0 amide bonds. The van der Waals surface area contributed by atoms with Crippen LogP contribution in [0.15, 0.2) is 36.4 Å². The highest BCUT2D eigenvalue weighted by Gasteiger charge is 2.20. The monoisotopic (exact) mass is 278 g/mol. The first-order chi connectivity index (χ1) is 10.3. The number of hydrogen-bond donors (Lipinski definition) is 1. The quantitative estimate of drug-likeness (QED) is 0.896. The van der Waals surface area contributed by atoms with Crippen molar-refractivity contribution in [3.63, 3.8) is 0 Å². The predicted octanol–water partition coefficient (Wildman–Crippen LogP) is 3.92. The van der Waals surface area contributed by atoms with Gasteiger partial charge < -0.3 is 10.2 Å². The van der Waals surface area contributed by atoms with E-state index in [1.54, 1.807) is 0 Å². The number of benzene rings is 2. The largest absolute Gasteiger partial charge is 0.384 e. The van der Waals surface area contributed by atoms with E-state index in [2.05, 4.69) is 53.5 Å². The number of aryl methyl sites for hydroxylation is 2. The minimum Gasteiger partial charge on any atom is -0.384 e. The highest BCUT2D eigenvalue weighted by Crippen LogP contribution is 2.32. The van der Waals surface area contributed by atoms with Crippen LogP contribution in [0.1, 0.15) is 28.7 Å². The van der Waals surface area contributed by atoms with E-state index >= 15 is 0 Å². The second-order valence-corrected chi connectivity index (χ2v) is 6.29. The third kappa shape index (κ3) is 2.29. The van der Waals surface area contributed by atoms with E-state index in [-0.39, 0.29) is 0 Å². The number of fused-ring (bicyclic) bond motifs is 2. The van der Waals surface area contributed by atoms with Crippen LogP contribution < -0.4 is 10.2 Å². The maximum atomic E-state index is 3.56. The number of anilines is 2. The lowest BCUT2D eigenvalue weighted by Crippen LogP contribution is -2.29. The minimum absolute atomic E-state index is 1.02. The van der Waals surface area contributed by atoms with E-state index in [0.717, 1.165) is 13.1 Å². The summed E-state index contributed by atoms with van der Waals surface area (Å²) in [6.45, 7) is 5.46. The highest BCUT2D eigenvalue weighted by molar-refractivity contribution is 5.64. The van der Waals surface area contributed by atoms with Crippen LogP contribution in [0, 0.1) is 6.92 Å². The molecule has 108 valence electrons. The average molecular weight is 278 g/mol. The molecule has 2 heterocycles. The van der Waals surface area contributed by atoms with Gasteiger partial charge in [0.2, 0.25) is 0 Å². The van der Waals surface area contributed by atoms with Crippen molar-refractivity contribution in [3.8, 4) is 0 Å². The Morgan fingerprint density at radius 2 is 2.05 bits per heavy atom. The van der Waals surface area contributed by atoms with Gasteiger partial charge in [-0.3, -0.25) is 0 Å². The topological polar surface area (TPSA) is 15.3 Å². The number of rotatable bonds is 2. The Labute approximate surface area is 126 Å². The summed E-state index contributed by atoms with van der Waals surface area (Å²) in [5.41, 5.74) is 8.63. The Kier molecular flexibility index (Phi) is 3.10. The third-order valence-corrected chi connectivity index (χ3v) is 4.74. The van der Waals surface area contributed by atoms with Crippen molar-refractivity contribution in [1.82, 2.24) is 0 Å². The Balaban J connectivity index is 1.66. The van der Waals surface area contributed by atoms with Gasteiger partial charge in [0.15, 0.2) is 0 Å². The molecule has 21 heavy (non-hydrogen) atoms. The standard InChI is InChI=1S/C19H22N2/c1-14-7-8-18-16(12-14)6-3-11-21(18)13-17-5-2-4-15-9-10-20-19(15)17/h2,4-5,7-8,12,20H,3,6,9-11,13H2,1H3. The molecule has 2 heteroatoms. The molecule has 0 unspecified atom stereocenters. The summed E-state index contributed by atoms with van der Waals surface area (Å²) >= 11 is 0. The second kappa shape index (κ2) is 5.10. The highest BCUT2D eigenvalue weighted by atomic mass is 15.1. The van der Waals surface area contributed by atoms with Gasteiger partial charge in [-0.2, -0.15) is 0 Å². The van der Waals surface area contributed by atoms with E-state index in [0.29, 0.717) is 0 Å². The smallest absolute Gasteiger partial charge is 0.0450 e. The molecule has 0 atom stereocenters. The molecule has 4 rings (SSSR count). The SMILES string of the molecule is Cc1ccc2c(c1)CCCN2Cc1cccc2c1NCC2. The first-order valence-electron chi connectivity index (χ1n) is 8.00. The van der Waals surface area contributed by atoms with Gasteiger partial charge in [-0.1, -0.05) is 35.9 Å². The van der Waals surface area contributed by atoms with E-state index in [4.69, 9.17) is 0 Å². The Bertz CT molecular complexity index is 675. The molecule has 0 saturated heterocycles. The summed E-state index contributed by atoms with van der Waals surface area (Å²) in [4.78, 5) is 2.55. The van der Waals surface area contributed by atoms with Crippen molar-refractivity contribution in [2.45, 2.75) is 32.7 Å². The number of hydrogen-bond acceptors (Lipinski definition) is 2. The van der Waals surface area contributed by atoms with Gasteiger partial charge in [0.05, 0.1) is 0 Å². The van der Waals surface area contributed by atoms with Crippen LogP contribution >= 0.6 is 0 Å². The zero-order valence-corrected chi connectivity index (χ0v) is 12.7. The van der Waals surface area contributed by atoms with Crippen LogP contribution in [0.2, 0.25) is 0 Å². The first kappa shape index (κ1) is 12.8. The van der Waals surface area contributed by atoms with Crippen LogP contribution in [0.3, 0.4) is 0 Å². The summed E-state index contributed by atoms with van der Waals surface area (Å²) in [5.74, 6) is 0. The van der Waals surface area contributed by atoms with E-state index in [9.17, 15) is 0 Å². The molecule has 2 aromatic carbocycles. The summed E-state index contributed by atoms with van der Waals surface area (Å²) in [5, 5.41) is 3.56. The molecule has 0 fully saturated rings. The molecule has 1 N–H and O–H groups in total. The lowest BCUT2D eigenvalue weighted by atomic mass is 9.98. The summed E-state index contributed by atoms with van der Waals surface area (Å²) < 4.78 is 0. The molecule has 0 spiro atoms. The number of nitrogens with zero attached hydrogens (tertiary/aromatic N) is 1. The second-order valence-electron chi connectivity index (χ2n) is 6.29. The van der Waals surface area contributed by atoms with Gasteiger partial charge in [0, 0.05) is 31.0 Å². The van der Waals surface area contributed by atoms with Crippen LogP contribution in [0.4, 0.5) is 11.4 Å². The maximum absolute atomic E-state index is 3.56. The molecular weight excluding hydrogens is 256 g/mol. The van der Waals surface area contributed by atoms with Crippen molar-refractivity contribution in [1.29, 1.82) is 0 Å². The fourth-order valence-electron chi connectivity index (χ4n) is 3.72. The third-order valence-electron chi connectivity index (χ3n) is 4.74. The van der Waals surface area contributed by atoms with Gasteiger partial charge in [-0.05, 0) is 48.9 Å². The van der Waals surface area contributed by atoms with Gasteiger partial charge in [0.1, 0.15) is 0 Å². The number of para-hydroxylation sites is 1. The fourth-order valence-corrected chi connectivity index (χ4v) is 3.72. The molecule has 0 bridgehead atoms. The van der Waals surface area contributed by atoms with Crippen LogP contribution in [-0.2, 0) is 19.4 Å². The predicted molar refractivity (Wildman–Crippen MR) is 89.2 cm³/mol. The normalized spacial score (nSPS) is 16.3. The van der Waals surface area contributed by atoms with Crippen LogP contribution in [-0.4, -0.2) is 13.1 Å². The Morgan fingerprint density at radius 1 is 1.10 bits per heavy atom. The van der Waals surface area contributed by atoms with Gasteiger partial charge in [-0.15, -0.1) is 0 Å². The van der Waals surface area contributed by atoms with Crippen LogP contribution in [0.5, 0.6) is 0 Å². The van der Waals surface area contributed by atoms with Crippen molar-refractivity contribution >= 4 is 11.4 Å². The molecule has 0 radical (unpaired) electrons. The van der Waals surface area contributed by atoms with Crippen molar-refractivity contribution in [2.75, 3.05) is 23.3 Å². The van der Waals surface area contributed by atoms with Crippen LogP contribution in [0.25, 0.3) is 0 Å². The Hall–Kier alpha value is -1.96. The lowest BCUT2D eigenvalue weighted by molar-refractivity contribution is 0.691. The first-order valence-corrected chi connectivity index (χ1v) is 8.00. The number of nitrogens with one attached hydrogen (secondary N) is 1. The van der Waals surface area contributed by atoms with E-state index in [1.807, 2.05) is 0 Å².